The molecule has 0 bridgehead atoms. The second-order valence-electron chi connectivity index (χ2n) is 8.45. The lowest BCUT2D eigenvalue weighted by molar-refractivity contribution is -0.138. The Kier molecular flexibility index (Phi) is 9.64. The first-order valence-corrected chi connectivity index (χ1v) is 13.5. The average molecular weight is 508 g/mol. The van der Waals surface area contributed by atoms with E-state index in [1.807, 2.05) is 37.3 Å². The summed E-state index contributed by atoms with van der Waals surface area (Å²) in [5.41, 5.74) is 1.40. The molecule has 190 valence electrons. The standard InChI is InChI=1S/C28H33N3O4S/c1-3-20-29-28(33)23(2)30(21-19-24-13-7-4-8-14-24)27(32)22-31(25-15-9-5-10-16-25)36(34,35)26-17-11-6-12-18-26/h4-18,23H,3,19-22H2,1-2H3,(H,29,33)/t23-/m1/s1. The third-order valence-corrected chi connectivity index (χ3v) is 7.64. The molecule has 0 fully saturated rings. The van der Waals surface area contributed by atoms with Crippen LogP contribution in [0, 0.1) is 0 Å². The van der Waals surface area contributed by atoms with Crippen LogP contribution in [-0.2, 0) is 26.0 Å². The summed E-state index contributed by atoms with van der Waals surface area (Å²) in [6, 6.07) is 25.5. The number of rotatable bonds is 12. The van der Waals surface area contributed by atoms with Gasteiger partial charge in [-0.1, -0.05) is 73.7 Å². The maximum atomic E-state index is 13.7. The van der Waals surface area contributed by atoms with Crippen LogP contribution in [0.25, 0.3) is 0 Å². The van der Waals surface area contributed by atoms with E-state index in [2.05, 4.69) is 5.32 Å². The van der Waals surface area contributed by atoms with Crippen molar-refractivity contribution in [2.75, 3.05) is 23.9 Å². The van der Waals surface area contributed by atoms with Gasteiger partial charge in [0.25, 0.3) is 10.0 Å². The van der Waals surface area contributed by atoms with Crippen LogP contribution >= 0.6 is 0 Å². The highest BCUT2D eigenvalue weighted by molar-refractivity contribution is 7.92. The Labute approximate surface area is 213 Å². The summed E-state index contributed by atoms with van der Waals surface area (Å²) < 4.78 is 28.3. The molecule has 2 amide bonds. The Balaban J connectivity index is 1.92. The predicted octanol–water partition coefficient (Wildman–Crippen LogP) is 3.87. The number of hydrogen-bond donors (Lipinski definition) is 1. The van der Waals surface area contributed by atoms with Crippen molar-refractivity contribution in [1.82, 2.24) is 10.2 Å². The lowest BCUT2D eigenvalue weighted by Crippen LogP contribution is -2.52. The molecule has 8 heteroatoms. The molecule has 0 saturated heterocycles. The maximum Gasteiger partial charge on any atom is 0.264 e. The van der Waals surface area contributed by atoms with E-state index in [1.165, 1.54) is 17.0 Å². The molecule has 7 nitrogen and oxygen atoms in total. The molecule has 36 heavy (non-hydrogen) atoms. The fourth-order valence-corrected chi connectivity index (χ4v) is 5.24. The van der Waals surface area contributed by atoms with E-state index in [0.717, 1.165) is 16.3 Å². The Morgan fingerprint density at radius 1 is 0.861 bits per heavy atom. The predicted molar refractivity (Wildman–Crippen MR) is 142 cm³/mol. The van der Waals surface area contributed by atoms with Crippen molar-refractivity contribution < 1.29 is 18.0 Å². The summed E-state index contributed by atoms with van der Waals surface area (Å²) in [6.07, 6.45) is 1.31. The van der Waals surface area contributed by atoms with Gasteiger partial charge in [-0.15, -0.1) is 0 Å². The largest absolute Gasteiger partial charge is 0.354 e. The Morgan fingerprint density at radius 2 is 1.42 bits per heavy atom. The van der Waals surface area contributed by atoms with Gasteiger partial charge in [0.15, 0.2) is 0 Å². The minimum absolute atomic E-state index is 0.0891. The number of hydrogen-bond acceptors (Lipinski definition) is 4. The Hall–Kier alpha value is -3.65. The third kappa shape index (κ3) is 6.95. The molecule has 1 N–H and O–H groups in total. The molecular weight excluding hydrogens is 474 g/mol. The zero-order valence-electron chi connectivity index (χ0n) is 20.7. The highest BCUT2D eigenvalue weighted by Gasteiger charge is 2.32. The van der Waals surface area contributed by atoms with Crippen molar-refractivity contribution in [2.45, 2.75) is 37.6 Å². The van der Waals surface area contributed by atoms with Crippen LogP contribution in [0.3, 0.4) is 0 Å². The van der Waals surface area contributed by atoms with E-state index < -0.39 is 28.5 Å². The molecule has 0 unspecified atom stereocenters. The molecule has 3 aromatic carbocycles. The average Bonchev–Trinajstić information content (AvgIpc) is 2.91. The van der Waals surface area contributed by atoms with Gasteiger partial charge in [-0.05, 0) is 49.6 Å². The van der Waals surface area contributed by atoms with Crippen molar-refractivity contribution in [3.05, 3.63) is 96.6 Å². The molecule has 3 aromatic rings. The SMILES string of the molecule is CCCNC(=O)[C@@H](C)N(CCc1ccccc1)C(=O)CN(c1ccccc1)S(=O)(=O)c1ccccc1. The normalized spacial score (nSPS) is 11.9. The lowest BCUT2D eigenvalue weighted by Gasteiger charge is -2.32. The zero-order chi connectivity index (χ0) is 26.0. The van der Waals surface area contributed by atoms with Crippen molar-refractivity contribution >= 4 is 27.5 Å². The van der Waals surface area contributed by atoms with Crippen molar-refractivity contribution in [3.63, 3.8) is 0 Å². The second-order valence-corrected chi connectivity index (χ2v) is 10.3. The van der Waals surface area contributed by atoms with E-state index >= 15 is 0 Å². The highest BCUT2D eigenvalue weighted by atomic mass is 32.2. The minimum atomic E-state index is -4.02. The number of carbonyl (C=O) groups excluding carboxylic acids is 2. The van der Waals surface area contributed by atoms with Crippen LogP contribution in [0.1, 0.15) is 25.8 Å². The number of nitrogens with zero attached hydrogens (tertiary/aromatic N) is 2. The van der Waals surface area contributed by atoms with Gasteiger partial charge in [0.2, 0.25) is 11.8 Å². The van der Waals surface area contributed by atoms with E-state index in [4.69, 9.17) is 0 Å². The first-order chi connectivity index (χ1) is 17.3. The van der Waals surface area contributed by atoms with Crippen molar-refractivity contribution in [1.29, 1.82) is 0 Å². The highest BCUT2D eigenvalue weighted by Crippen LogP contribution is 2.24. The second kappa shape index (κ2) is 12.9. The summed E-state index contributed by atoms with van der Waals surface area (Å²) in [4.78, 5) is 28.0. The van der Waals surface area contributed by atoms with Gasteiger partial charge >= 0.3 is 0 Å². The maximum absolute atomic E-state index is 13.7. The van der Waals surface area contributed by atoms with Gasteiger partial charge in [-0.2, -0.15) is 0 Å². The van der Waals surface area contributed by atoms with Gasteiger partial charge in [0.05, 0.1) is 10.6 Å². The lowest BCUT2D eigenvalue weighted by atomic mass is 10.1. The summed E-state index contributed by atoms with van der Waals surface area (Å²) in [7, 11) is -4.02. The molecule has 0 aliphatic heterocycles. The number of amides is 2. The van der Waals surface area contributed by atoms with Crippen LogP contribution in [0.15, 0.2) is 95.9 Å². The van der Waals surface area contributed by atoms with Crippen LogP contribution in [-0.4, -0.2) is 50.8 Å². The van der Waals surface area contributed by atoms with Gasteiger partial charge in [-0.25, -0.2) is 8.42 Å². The number of sulfonamides is 1. The molecule has 1 atom stereocenters. The molecule has 0 spiro atoms. The fourth-order valence-electron chi connectivity index (χ4n) is 3.81. The van der Waals surface area contributed by atoms with Crippen molar-refractivity contribution in [2.24, 2.45) is 0 Å². The molecule has 0 aliphatic rings. The third-order valence-electron chi connectivity index (χ3n) is 5.85. The minimum Gasteiger partial charge on any atom is -0.354 e. The van der Waals surface area contributed by atoms with Gasteiger partial charge in [0.1, 0.15) is 12.6 Å². The molecule has 0 radical (unpaired) electrons. The molecule has 0 heterocycles. The molecule has 0 aromatic heterocycles. The van der Waals surface area contributed by atoms with Gasteiger partial charge < -0.3 is 10.2 Å². The van der Waals surface area contributed by atoms with Crippen LogP contribution in [0.2, 0.25) is 0 Å². The molecule has 0 saturated carbocycles. The molecular formula is C28H33N3O4S. The fraction of sp³-hybridized carbons (Fsp3) is 0.286. The van der Waals surface area contributed by atoms with E-state index in [-0.39, 0.29) is 17.3 Å². The summed E-state index contributed by atoms with van der Waals surface area (Å²) in [5, 5.41) is 2.84. The van der Waals surface area contributed by atoms with Crippen LogP contribution in [0.4, 0.5) is 5.69 Å². The summed E-state index contributed by atoms with van der Waals surface area (Å²) in [5.74, 6) is -0.719. The van der Waals surface area contributed by atoms with Gasteiger partial charge in [0, 0.05) is 13.1 Å². The number of para-hydroxylation sites is 1. The number of anilines is 1. The smallest absolute Gasteiger partial charge is 0.264 e. The Morgan fingerprint density at radius 3 is 2.00 bits per heavy atom. The first-order valence-electron chi connectivity index (χ1n) is 12.1. The van der Waals surface area contributed by atoms with E-state index in [0.29, 0.717) is 18.7 Å². The number of carbonyl (C=O) groups is 2. The van der Waals surface area contributed by atoms with Crippen LogP contribution in [0.5, 0.6) is 0 Å². The quantitative estimate of drug-likeness (QED) is 0.403. The summed E-state index contributed by atoms with van der Waals surface area (Å²) >= 11 is 0. The Bertz CT molecular complexity index is 1220. The zero-order valence-corrected chi connectivity index (χ0v) is 21.5. The van der Waals surface area contributed by atoms with Gasteiger partial charge in [-0.3, -0.25) is 13.9 Å². The van der Waals surface area contributed by atoms with E-state index in [1.54, 1.807) is 55.5 Å². The summed E-state index contributed by atoms with van der Waals surface area (Å²) in [6.45, 7) is 3.98. The van der Waals surface area contributed by atoms with Crippen LogP contribution < -0.4 is 9.62 Å². The monoisotopic (exact) mass is 507 g/mol. The molecule has 0 aliphatic carbocycles. The number of benzene rings is 3. The number of nitrogens with one attached hydrogen (secondary N) is 1. The molecule has 3 rings (SSSR count). The van der Waals surface area contributed by atoms with Crippen molar-refractivity contribution in [3.8, 4) is 0 Å². The first kappa shape index (κ1) is 26.9. The van der Waals surface area contributed by atoms with E-state index in [9.17, 15) is 18.0 Å². The topological polar surface area (TPSA) is 86.8 Å².